The molecule has 0 saturated carbocycles. The largest absolute Gasteiger partial charge is 0.312 e. The fraction of sp³-hybridized carbons (Fsp3) is 0.500. The van der Waals surface area contributed by atoms with Crippen molar-refractivity contribution in [3.05, 3.63) is 64.7 Å². The van der Waals surface area contributed by atoms with Gasteiger partial charge in [0.05, 0.1) is 12.1 Å². The maximum atomic E-state index is 13.0. The van der Waals surface area contributed by atoms with Gasteiger partial charge in [0.1, 0.15) is 0 Å². The van der Waals surface area contributed by atoms with Crippen LogP contribution in [0.15, 0.2) is 42.5 Å². The lowest BCUT2D eigenvalue weighted by molar-refractivity contribution is -0.117. The van der Waals surface area contributed by atoms with Gasteiger partial charge in [0, 0.05) is 18.5 Å². The molecule has 4 nitrogen and oxygen atoms in total. The normalized spacial score (nSPS) is 18.2. The van der Waals surface area contributed by atoms with Gasteiger partial charge in [-0.3, -0.25) is 9.59 Å². The fourth-order valence-electron chi connectivity index (χ4n) is 5.77. The van der Waals surface area contributed by atoms with Crippen molar-refractivity contribution in [3.63, 3.8) is 0 Å². The molecule has 0 radical (unpaired) electrons. The van der Waals surface area contributed by atoms with Gasteiger partial charge >= 0.3 is 0 Å². The first-order valence-electron chi connectivity index (χ1n) is 12.4. The van der Waals surface area contributed by atoms with Gasteiger partial charge in [0.2, 0.25) is 5.91 Å². The van der Waals surface area contributed by atoms with E-state index in [1.807, 2.05) is 11.0 Å². The number of nitrogens with zero attached hydrogens (tertiary/aromatic N) is 2. The number of hydrogen-bond donors (Lipinski definition) is 0. The van der Waals surface area contributed by atoms with Crippen molar-refractivity contribution in [1.82, 2.24) is 4.90 Å². The molecule has 1 fully saturated rings. The van der Waals surface area contributed by atoms with E-state index in [2.05, 4.69) is 41.3 Å². The summed E-state index contributed by atoms with van der Waals surface area (Å²) in [4.78, 5) is 29.8. The van der Waals surface area contributed by atoms with Crippen LogP contribution in [0.1, 0.15) is 65.6 Å². The summed E-state index contributed by atoms with van der Waals surface area (Å²) in [5.41, 5.74) is 5.64. The predicted octanol–water partition coefficient (Wildman–Crippen LogP) is 5.25. The first-order chi connectivity index (χ1) is 15.7. The molecule has 0 aromatic heterocycles. The number of likely N-dealkylation sites (tertiary alicyclic amines) is 1. The average molecular weight is 467 g/mol. The third-order valence-corrected chi connectivity index (χ3v) is 7.60. The highest BCUT2D eigenvalue weighted by molar-refractivity contribution is 6.05. The van der Waals surface area contributed by atoms with E-state index < -0.39 is 0 Å². The van der Waals surface area contributed by atoms with Crippen molar-refractivity contribution in [2.75, 3.05) is 31.1 Å². The summed E-state index contributed by atoms with van der Waals surface area (Å²) >= 11 is 0. The monoisotopic (exact) mass is 466 g/mol. The maximum absolute atomic E-state index is 13.0. The highest BCUT2D eigenvalue weighted by Crippen LogP contribution is 2.38. The summed E-state index contributed by atoms with van der Waals surface area (Å²) in [7, 11) is 0. The topological polar surface area (TPSA) is 40.6 Å². The van der Waals surface area contributed by atoms with E-state index >= 15 is 0 Å². The number of piperidine rings is 1. The van der Waals surface area contributed by atoms with Crippen LogP contribution < -0.4 is 4.90 Å². The summed E-state index contributed by atoms with van der Waals surface area (Å²) in [6.07, 6.45) is 8.86. The molecule has 3 aliphatic heterocycles. The van der Waals surface area contributed by atoms with Crippen molar-refractivity contribution in [2.45, 2.75) is 57.8 Å². The Morgan fingerprint density at radius 1 is 1.00 bits per heavy atom. The average Bonchev–Trinajstić information content (AvgIpc) is 3.15. The molecule has 3 aliphatic rings. The lowest BCUT2D eigenvalue weighted by Crippen LogP contribution is -2.34. The van der Waals surface area contributed by atoms with Crippen molar-refractivity contribution in [2.24, 2.45) is 5.92 Å². The second kappa shape index (κ2) is 10.8. The van der Waals surface area contributed by atoms with Crippen LogP contribution in [-0.2, 0) is 24.1 Å². The Morgan fingerprint density at radius 2 is 1.76 bits per heavy atom. The van der Waals surface area contributed by atoms with Crippen LogP contribution in [-0.4, -0.2) is 42.8 Å². The first-order valence-corrected chi connectivity index (χ1v) is 12.4. The van der Waals surface area contributed by atoms with E-state index in [0.29, 0.717) is 18.8 Å². The zero-order valence-electron chi connectivity index (χ0n) is 19.4. The van der Waals surface area contributed by atoms with Gasteiger partial charge in [-0.25, -0.2) is 0 Å². The van der Waals surface area contributed by atoms with Gasteiger partial charge < -0.3 is 9.80 Å². The molecule has 3 heterocycles. The van der Waals surface area contributed by atoms with E-state index in [4.69, 9.17) is 0 Å². The number of aryl methyl sites for hydroxylation is 2. The number of ketones is 1. The minimum atomic E-state index is 0. The third-order valence-electron chi connectivity index (χ3n) is 7.60. The summed E-state index contributed by atoms with van der Waals surface area (Å²) < 4.78 is 0. The zero-order chi connectivity index (χ0) is 21.9. The summed E-state index contributed by atoms with van der Waals surface area (Å²) in [5.74, 6) is 1.11. The quantitative estimate of drug-likeness (QED) is 0.499. The molecule has 2 aromatic carbocycles. The Kier molecular flexibility index (Phi) is 7.87. The zero-order valence-corrected chi connectivity index (χ0v) is 20.2. The summed E-state index contributed by atoms with van der Waals surface area (Å²) in [6.45, 7) is 4.33. The molecule has 176 valence electrons. The van der Waals surface area contributed by atoms with Gasteiger partial charge in [-0.2, -0.15) is 0 Å². The number of carbonyl (C=O) groups is 2. The lowest BCUT2D eigenvalue weighted by Gasteiger charge is -2.32. The Morgan fingerprint density at radius 3 is 2.55 bits per heavy atom. The molecule has 5 heteroatoms. The number of anilines is 1. The number of rotatable bonds is 8. The second-order valence-electron chi connectivity index (χ2n) is 9.80. The van der Waals surface area contributed by atoms with Crippen LogP contribution >= 0.6 is 12.4 Å². The molecule has 5 rings (SSSR count). The van der Waals surface area contributed by atoms with E-state index in [1.54, 1.807) is 0 Å². The molecular weight excluding hydrogens is 432 g/mol. The van der Waals surface area contributed by atoms with Crippen molar-refractivity contribution >= 4 is 29.8 Å². The highest BCUT2D eigenvalue weighted by atomic mass is 35.5. The van der Waals surface area contributed by atoms with Crippen molar-refractivity contribution < 1.29 is 9.59 Å². The number of hydrogen-bond acceptors (Lipinski definition) is 3. The van der Waals surface area contributed by atoms with E-state index in [-0.39, 0.29) is 24.1 Å². The molecule has 1 amide bonds. The number of carbonyl (C=O) groups excluding carboxylic acids is 2. The number of benzene rings is 2. The van der Waals surface area contributed by atoms with Crippen LogP contribution in [0.5, 0.6) is 0 Å². The third kappa shape index (κ3) is 5.50. The minimum absolute atomic E-state index is 0. The van der Waals surface area contributed by atoms with Gasteiger partial charge in [-0.05, 0) is 99.3 Å². The van der Waals surface area contributed by atoms with E-state index in [1.165, 1.54) is 36.9 Å². The maximum Gasteiger partial charge on any atom is 0.231 e. The minimum Gasteiger partial charge on any atom is -0.312 e. The van der Waals surface area contributed by atoms with Gasteiger partial charge in [0.25, 0.3) is 0 Å². The highest BCUT2D eigenvalue weighted by Gasteiger charge is 2.33. The molecular formula is C28H35ClN2O2. The Balaban J connectivity index is 0.00000259. The van der Waals surface area contributed by atoms with Crippen LogP contribution in [0.3, 0.4) is 0 Å². The van der Waals surface area contributed by atoms with Crippen LogP contribution in [0, 0.1) is 5.92 Å². The SMILES string of the molecule is Cl.O=C(CCC1CCN(CCCc2ccccc2)CC1)c1cc2c3c(c1)CC(=O)N3CCC2. The van der Waals surface area contributed by atoms with Crippen molar-refractivity contribution in [1.29, 1.82) is 0 Å². The number of amides is 1. The Bertz CT molecular complexity index is 983. The van der Waals surface area contributed by atoms with Crippen LogP contribution in [0.4, 0.5) is 5.69 Å². The molecule has 0 unspecified atom stereocenters. The summed E-state index contributed by atoms with van der Waals surface area (Å²) in [5, 5.41) is 0. The molecule has 1 saturated heterocycles. The van der Waals surface area contributed by atoms with Crippen LogP contribution in [0.25, 0.3) is 0 Å². The van der Waals surface area contributed by atoms with E-state index in [9.17, 15) is 9.59 Å². The molecule has 0 N–H and O–H groups in total. The van der Waals surface area contributed by atoms with Gasteiger partial charge in [-0.15, -0.1) is 12.4 Å². The molecule has 33 heavy (non-hydrogen) atoms. The smallest absolute Gasteiger partial charge is 0.231 e. The molecule has 0 aliphatic carbocycles. The molecule has 2 aromatic rings. The standard InChI is InChI=1S/C28H34N2O2.ClH/c31-26(24-18-23-9-5-15-30-27(32)20-25(19-24)28(23)30)11-10-22-12-16-29(17-13-22)14-4-8-21-6-2-1-3-7-21;/h1-3,6-7,18-19,22H,4-5,8-17,20H2;1H. The predicted molar refractivity (Wildman–Crippen MR) is 136 cm³/mol. The molecule has 0 spiro atoms. The molecule has 0 bridgehead atoms. The lowest BCUT2D eigenvalue weighted by atomic mass is 9.89. The van der Waals surface area contributed by atoms with Gasteiger partial charge in [-0.1, -0.05) is 30.3 Å². The van der Waals surface area contributed by atoms with Crippen molar-refractivity contribution in [3.8, 4) is 0 Å². The molecule has 0 atom stereocenters. The summed E-state index contributed by atoms with van der Waals surface area (Å²) in [6, 6.07) is 14.8. The number of Topliss-reactive ketones (excluding diaryl/α,β-unsaturated/α-hetero) is 1. The second-order valence-corrected chi connectivity index (χ2v) is 9.80. The van der Waals surface area contributed by atoms with Gasteiger partial charge in [0.15, 0.2) is 5.78 Å². The Labute approximate surface area is 203 Å². The van der Waals surface area contributed by atoms with E-state index in [0.717, 1.165) is 62.1 Å². The fourth-order valence-corrected chi connectivity index (χ4v) is 5.77. The first kappa shape index (κ1) is 24.0. The Hall–Kier alpha value is -2.17. The van der Waals surface area contributed by atoms with Crippen LogP contribution in [0.2, 0.25) is 0 Å². The number of halogens is 1.